The lowest BCUT2D eigenvalue weighted by molar-refractivity contribution is -0.164. The number of hydrogen-bond donors (Lipinski definition) is 0. The molecule has 0 unspecified atom stereocenters. The highest BCUT2D eigenvalue weighted by atomic mass is 16.6. The fraction of sp³-hybridized carbons (Fsp3) is 0.900. The zero-order chi connectivity index (χ0) is 20.9. The lowest BCUT2D eigenvalue weighted by Gasteiger charge is -2.15. The van der Waals surface area contributed by atoms with Gasteiger partial charge in [0.1, 0.15) is 13.2 Å². The van der Waals surface area contributed by atoms with Gasteiger partial charge in [0, 0.05) is 13.2 Å². The Morgan fingerprint density at radius 3 is 1.46 bits per heavy atom. The van der Waals surface area contributed by atoms with E-state index in [-0.39, 0.29) is 26.4 Å². The first-order chi connectivity index (χ1) is 13.7. The van der Waals surface area contributed by atoms with E-state index in [0.717, 1.165) is 19.3 Å². The van der Waals surface area contributed by atoms with Crippen molar-refractivity contribution in [1.29, 1.82) is 0 Å². The average molecular weight is 407 g/mol. The maximum absolute atomic E-state index is 12.3. The van der Waals surface area contributed by atoms with Crippen LogP contribution in [0.15, 0.2) is 0 Å². The molecule has 0 saturated carbocycles. The van der Waals surface area contributed by atoms with Crippen LogP contribution in [0.5, 0.6) is 0 Å². The minimum Gasteiger partial charge on any atom is -0.463 e. The lowest BCUT2D eigenvalue weighted by atomic mass is 10.0. The molecule has 0 rings (SSSR count). The molecule has 28 heavy (non-hydrogen) atoms. The van der Waals surface area contributed by atoms with E-state index in [1.165, 1.54) is 0 Å². The summed E-state index contributed by atoms with van der Waals surface area (Å²) in [6.07, 6.45) is 3.12. The quantitative estimate of drug-likeness (QED) is 0.173. The van der Waals surface area contributed by atoms with Gasteiger partial charge in [-0.2, -0.15) is 0 Å². The van der Waals surface area contributed by atoms with Crippen molar-refractivity contribution in [3.63, 3.8) is 0 Å². The largest absolute Gasteiger partial charge is 0.463 e. The van der Waals surface area contributed by atoms with E-state index in [2.05, 4.69) is 6.92 Å². The number of ether oxygens (including phenoxy) is 6. The minimum absolute atomic E-state index is 0.100. The molecule has 0 aliphatic heterocycles. The fourth-order valence-electron chi connectivity index (χ4n) is 2.26. The molecule has 8 nitrogen and oxygen atoms in total. The Bertz CT molecular complexity index is 345. The number of hydrogen-bond acceptors (Lipinski definition) is 8. The van der Waals surface area contributed by atoms with Crippen LogP contribution in [0.2, 0.25) is 0 Å². The molecular weight excluding hydrogens is 368 g/mol. The van der Waals surface area contributed by atoms with Gasteiger partial charge in [0.05, 0.1) is 39.6 Å². The number of unbranched alkanes of at least 4 members (excludes halogenated alkanes) is 2. The third-order valence-electron chi connectivity index (χ3n) is 3.76. The van der Waals surface area contributed by atoms with Gasteiger partial charge in [-0.3, -0.25) is 9.59 Å². The van der Waals surface area contributed by atoms with E-state index >= 15 is 0 Å². The number of carbonyl (C=O) groups is 2. The third kappa shape index (κ3) is 15.8. The van der Waals surface area contributed by atoms with Crippen molar-refractivity contribution in [3.05, 3.63) is 0 Å². The van der Waals surface area contributed by atoms with Crippen LogP contribution < -0.4 is 0 Å². The van der Waals surface area contributed by atoms with Gasteiger partial charge in [0.15, 0.2) is 5.92 Å². The molecule has 0 aromatic heterocycles. The topological polar surface area (TPSA) is 89.5 Å². The van der Waals surface area contributed by atoms with Crippen molar-refractivity contribution in [2.75, 3.05) is 66.1 Å². The van der Waals surface area contributed by atoms with Crippen LogP contribution in [0.3, 0.4) is 0 Å². The molecule has 166 valence electrons. The Morgan fingerprint density at radius 2 is 1.04 bits per heavy atom. The molecule has 0 bridgehead atoms. The van der Waals surface area contributed by atoms with Crippen LogP contribution in [0.25, 0.3) is 0 Å². The maximum atomic E-state index is 12.3. The predicted octanol–water partition coefficient (Wildman–Crippen LogP) is 2.38. The Balaban J connectivity index is 4.12. The second-order valence-electron chi connectivity index (χ2n) is 6.00. The van der Waals surface area contributed by atoms with Crippen molar-refractivity contribution in [3.8, 4) is 0 Å². The second-order valence-corrected chi connectivity index (χ2v) is 6.00. The monoisotopic (exact) mass is 406 g/mol. The third-order valence-corrected chi connectivity index (χ3v) is 3.76. The van der Waals surface area contributed by atoms with Crippen molar-refractivity contribution < 1.29 is 38.0 Å². The Labute approximate surface area is 169 Å². The highest BCUT2D eigenvalue weighted by molar-refractivity contribution is 5.94. The number of rotatable bonds is 20. The van der Waals surface area contributed by atoms with Crippen LogP contribution in [0.1, 0.15) is 46.5 Å². The molecule has 0 saturated heterocycles. The molecule has 0 aliphatic carbocycles. The zero-order valence-corrected chi connectivity index (χ0v) is 17.7. The molecule has 8 heteroatoms. The Hall–Kier alpha value is -1.22. The van der Waals surface area contributed by atoms with Crippen LogP contribution in [0.4, 0.5) is 0 Å². The van der Waals surface area contributed by atoms with Gasteiger partial charge >= 0.3 is 11.9 Å². The Kier molecular flexibility index (Phi) is 19.6. The first-order valence-corrected chi connectivity index (χ1v) is 10.3. The molecular formula is C20H38O8. The van der Waals surface area contributed by atoms with E-state index < -0.39 is 17.9 Å². The SMILES string of the molecule is CCCCCC(C(=O)OCCOCCOCC)C(=O)OCCOCCOCC. The lowest BCUT2D eigenvalue weighted by Crippen LogP contribution is -2.30. The van der Waals surface area contributed by atoms with E-state index in [4.69, 9.17) is 28.4 Å². The molecule has 0 atom stereocenters. The standard InChI is InChI=1S/C20H38O8/c1-4-7-8-9-18(19(21)27-16-14-25-12-10-23-5-2)20(22)28-17-15-26-13-11-24-6-3/h18H,4-17H2,1-3H3. The summed E-state index contributed by atoms with van der Waals surface area (Å²) < 4.78 is 31.3. The van der Waals surface area contributed by atoms with Crippen LogP contribution in [-0.2, 0) is 38.0 Å². The summed E-state index contributed by atoms with van der Waals surface area (Å²) in [5, 5.41) is 0. The molecule has 0 radical (unpaired) electrons. The summed E-state index contributed by atoms with van der Waals surface area (Å²) in [7, 11) is 0. The summed E-state index contributed by atoms with van der Waals surface area (Å²) in [4.78, 5) is 24.5. The van der Waals surface area contributed by atoms with Gasteiger partial charge in [-0.1, -0.05) is 26.2 Å². The molecule has 0 aromatic carbocycles. The van der Waals surface area contributed by atoms with Gasteiger partial charge in [-0.05, 0) is 20.3 Å². The van der Waals surface area contributed by atoms with Crippen molar-refractivity contribution in [2.24, 2.45) is 5.92 Å². The summed E-state index contributed by atoms with van der Waals surface area (Å²) in [5.41, 5.74) is 0. The fourth-order valence-corrected chi connectivity index (χ4v) is 2.26. The second kappa shape index (κ2) is 20.5. The van der Waals surface area contributed by atoms with E-state index in [1.54, 1.807) is 0 Å². The summed E-state index contributed by atoms with van der Waals surface area (Å²) in [6.45, 7) is 9.77. The number of carbonyl (C=O) groups excluding carboxylic acids is 2. The van der Waals surface area contributed by atoms with Crippen molar-refractivity contribution in [2.45, 2.75) is 46.5 Å². The van der Waals surface area contributed by atoms with Gasteiger partial charge in [0.2, 0.25) is 0 Å². The predicted molar refractivity (Wildman–Crippen MR) is 104 cm³/mol. The van der Waals surface area contributed by atoms with E-state index in [0.29, 0.717) is 46.1 Å². The van der Waals surface area contributed by atoms with Gasteiger partial charge in [-0.15, -0.1) is 0 Å². The highest BCUT2D eigenvalue weighted by Crippen LogP contribution is 2.14. The molecule has 0 heterocycles. The van der Waals surface area contributed by atoms with Gasteiger partial charge in [0.25, 0.3) is 0 Å². The van der Waals surface area contributed by atoms with Crippen molar-refractivity contribution in [1.82, 2.24) is 0 Å². The number of esters is 2. The zero-order valence-electron chi connectivity index (χ0n) is 17.7. The molecule has 0 amide bonds. The maximum Gasteiger partial charge on any atom is 0.320 e. The first-order valence-electron chi connectivity index (χ1n) is 10.3. The Morgan fingerprint density at radius 1 is 0.607 bits per heavy atom. The van der Waals surface area contributed by atoms with E-state index in [1.807, 2.05) is 13.8 Å². The average Bonchev–Trinajstić information content (AvgIpc) is 2.69. The first kappa shape index (κ1) is 26.8. The molecule has 0 aromatic rings. The normalized spacial score (nSPS) is 11.0. The molecule has 0 spiro atoms. The summed E-state index contributed by atoms with van der Waals surface area (Å²) in [5.74, 6) is -2.03. The van der Waals surface area contributed by atoms with Crippen molar-refractivity contribution >= 4 is 11.9 Å². The van der Waals surface area contributed by atoms with Crippen LogP contribution >= 0.6 is 0 Å². The summed E-state index contributed by atoms with van der Waals surface area (Å²) >= 11 is 0. The molecule has 0 fully saturated rings. The smallest absolute Gasteiger partial charge is 0.320 e. The summed E-state index contributed by atoms with van der Waals surface area (Å²) in [6, 6.07) is 0. The minimum atomic E-state index is -0.904. The molecule has 0 aliphatic rings. The van der Waals surface area contributed by atoms with Gasteiger partial charge in [-0.25, -0.2) is 0 Å². The highest BCUT2D eigenvalue weighted by Gasteiger charge is 2.29. The van der Waals surface area contributed by atoms with Crippen LogP contribution in [0, 0.1) is 5.92 Å². The van der Waals surface area contributed by atoms with Crippen LogP contribution in [-0.4, -0.2) is 78.0 Å². The van der Waals surface area contributed by atoms with E-state index in [9.17, 15) is 9.59 Å². The van der Waals surface area contributed by atoms with Gasteiger partial charge < -0.3 is 28.4 Å². The molecule has 0 N–H and O–H groups in total.